The van der Waals surface area contributed by atoms with E-state index in [1.807, 2.05) is 24.3 Å². The quantitative estimate of drug-likeness (QED) is 0.767. The number of nitrogens with two attached hydrogens (primary N) is 1. The standard InChI is InChI=1S/C21H32N4O2/c1-24(18-6-2-3-7-18)14-12-23-21(27)16-8-10-19(11-9-16)25-13-4-5-17(15-25)20(22)26/h8-11,17-18H,2-7,12-15H2,1H3,(H2,22,26)(H,23,27). The first-order valence-corrected chi connectivity index (χ1v) is 10.2. The molecule has 1 unspecified atom stereocenters. The fraction of sp³-hybridized carbons (Fsp3) is 0.619. The smallest absolute Gasteiger partial charge is 0.251 e. The van der Waals surface area contributed by atoms with E-state index in [2.05, 4.69) is 22.2 Å². The molecule has 6 nitrogen and oxygen atoms in total. The Bertz CT molecular complexity index is 640. The Morgan fingerprint density at radius 1 is 1.15 bits per heavy atom. The number of carbonyl (C=O) groups excluding carboxylic acids is 2. The molecule has 6 heteroatoms. The number of nitrogens with one attached hydrogen (secondary N) is 1. The van der Waals surface area contributed by atoms with Crippen molar-refractivity contribution in [2.24, 2.45) is 11.7 Å². The van der Waals surface area contributed by atoms with E-state index >= 15 is 0 Å². The van der Waals surface area contributed by atoms with Gasteiger partial charge in [0.25, 0.3) is 5.91 Å². The van der Waals surface area contributed by atoms with Crippen molar-refractivity contribution in [2.75, 3.05) is 38.1 Å². The van der Waals surface area contributed by atoms with Crippen LogP contribution in [0.1, 0.15) is 48.9 Å². The number of hydrogen-bond donors (Lipinski definition) is 2. The molecular weight excluding hydrogens is 340 g/mol. The number of nitrogens with zero attached hydrogens (tertiary/aromatic N) is 2. The Morgan fingerprint density at radius 2 is 1.85 bits per heavy atom. The summed E-state index contributed by atoms with van der Waals surface area (Å²) in [4.78, 5) is 28.4. The lowest BCUT2D eigenvalue weighted by Gasteiger charge is -2.33. The molecule has 148 valence electrons. The molecule has 0 spiro atoms. The average Bonchev–Trinajstić information content (AvgIpc) is 3.23. The summed E-state index contributed by atoms with van der Waals surface area (Å²) in [5.41, 5.74) is 7.17. The Kier molecular flexibility index (Phi) is 6.72. The van der Waals surface area contributed by atoms with Crippen molar-refractivity contribution in [1.29, 1.82) is 0 Å². The minimum Gasteiger partial charge on any atom is -0.371 e. The lowest BCUT2D eigenvalue weighted by Crippen LogP contribution is -2.41. The third-order valence-electron chi connectivity index (χ3n) is 6.02. The molecule has 1 saturated heterocycles. The van der Waals surface area contributed by atoms with Crippen LogP contribution >= 0.6 is 0 Å². The van der Waals surface area contributed by atoms with E-state index in [1.165, 1.54) is 25.7 Å². The van der Waals surface area contributed by atoms with Gasteiger partial charge in [-0.05, 0) is 57.0 Å². The number of amides is 2. The van der Waals surface area contributed by atoms with Gasteiger partial charge in [-0.25, -0.2) is 0 Å². The van der Waals surface area contributed by atoms with E-state index in [4.69, 9.17) is 5.73 Å². The lowest BCUT2D eigenvalue weighted by molar-refractivity contribution is -0.122. The zero-order chi connectivity index (χ0) is 19.2. The van der Waals surface area contributed by atoms with Crippen molar-refractivity contribution in [1.82, 2.24) is 10.2 Å². The first-order valence-electron chi connectivity index (χ1n) is 10.2. The molecule has 0 aromatic heterocycles. The van der Waals surface area contributed by atoms with E-state index in [-0.39, 0.29) is 17.7 Å². The molecule has 1 aliphatic carbocycles. The predicted molar refractivity (Wildman–Crippen MR) is 108 cm³/mol. The monoisotopic (exact) mass is 372 g/mol. The molecule has 1 saturated carbocycles. The number of benzene rings is 1. The summed E-state index contributed by atoms with van der Waals surface area (Å²) in [6.07, 6.45) is 7.03. The van der Waals surface area contributed by atoms with E-state index in [0.29, 0.717) is 24.7 Å². The van der Waals surface area contributed by atoms with Crippen molar-refractivity contribution < 1.29 is 9.59 Å². The van der Waals surface area contributed by atoms with Gasteiger partial charge >= 0.3 is 0 Å². The minimum atomic E-state index is -0.224. The molecule has 3 N–H and O–H groups in total. The van der Waals surface area contributed by atoms with Crippen LogP contribution in [0.5, 0.6) is 0 Å². The van der Waals surface area contributed by atoms with Crippen molar-refractivity contribution >= 4 is 17.5 Å². The van der Waals surface area contributed by atoms with Crippen LogP contribution in [0, 0.1) is 5.92 Å². The Labute approximate surface area is 162 Å². The van der Waals surface area contributed by atoms with Gasteiger partial charge in [-0.1, -0.05) is 12.8 Å². The Morgan fingerprint density at radius 3 is 2.52 bits per heavy atom. The first-order chi connectivity index (χ1) is 13.0. The maximum Gasteiger partial charge on any atom is 0.251 e. The van der Waals surface area contributed by atoms with E-state index in [1.54, 1.807) is 0 Å². The van der Waals surface area contributed by atoms with Crippen molar-refractivity contribution in [3.8, 4) is 0 Å². The van der Waals surface area contributed by atoms with Crippen LogP contribution in [0.3, 0.4) is 0 Å². The maximum atomic E-state index is 12.4. The fourth-order valence-corrected chi connectivity index (χ4v) is 4.24. The van der Waals surface area contributed by atoms with Crippen LogP contribution in [0.15, 0.2) is 24.3 Å². The topological polar surface area (TPSA) is 78.7 Å². The molecule has 1 aliphatic heterocycles. The molecular formula is C21H32N4O2. The molecule has 2 fully saturated rings. The number of primary amides is 1. The number of rotatable bonds is 7. The summed E-state index contributed by atoms with van der Waals surface area (Å²) in [5, 5.41) is 3.02. The molecule has 1 atom stereocenters. The number of carbonyl (C=O) groups is 2. The van der Waals surface area contributed by atoms with E-state index in [0.717, 1.165) is 31.6 Å². The second-order valence-corrected chi connectivity index (χ2v) is 7.91. The number of anilines is 1. The number of piperidine rings is 1. The number of hydrogen-bond acceptors (Lipinski definition) is 4. The van der Waals surface area contributed by atoms with Gasteiger partial charge in [0.1, 0.15) is 0 Å². The van der Waals surface area contributed by atoms with Gasteiger partial charge in [-0.15, -0.1) is 0 Å². The highest BCUT2D eigenvalue weighted by atomic mass is 16.2. The molecule has 0 bridgehead atoms. The van der Waals surface area contributed by atoms with Crippen molar-refractivity contribution in [3.05, 3.63) is 29.8 Å². The predicted octanol–water partition coefficient (Wildman–Crippen LogP) is 1.99. The second-order valence-electron chi connectivity index (χ2n) is 7.91. The first kappa shape index (κ1) is 19.7. The Hall–Kier alpha value is -2.08. The molecule has 3 rings (SSSR count). The fourth-order valence-electron chi connectivity index (χ4n) is 4.24. The minimum absolute atomic E-state index is 0.0324. The van der Waals surface area contributed by atoms with Gasteiger partial charge in [0.05, 0.1) is 5.92 Å². The molecule has 27 heavy (non-hydrogen) atoms. The van der Waals surface area contributed by atoms with E-state index in [9.17, 15) is 9.59 Å². The molecule has 0 radical (unpaired) electrons. The molecule has 1 heterocycles. The lowest BCUT2D eigenvalue weighted by atomic mass is 9.97. The zero-order valence-electron chi connectivity index (χ0n) is 16.3. The van der Waals surface area contributed by atoms with Gasteiger partial charge < -0.3 is 20.9 Å². The van der Waals surface area contributed by atoms with Crippen molar-refractivity contribution in [2.45, 2.75) is 44.6 Å². The normalized spacial score (nSPS) is 20.8. The van der Waals surface area contributed by atoms with Gasteiger partial charge in [-0.2, -0.15) is 0 Å². The highest BCUT2D eigenvalue weighted by Crippen LogP contribution is 2.24. The van der Waals surface area contributed by atoms with Gasteiger partial charge in [0.2, 0.25) is 5.91 Å². The maximum absolute atomic E-state index is 12.4. The van der Waals surface area contributed by atoms with E-state index < -0.39 is 0 Å². The molecule has 1 aromatic carbocycles. The highest BCUT2D eigenvalue weighted by Gasteiger charge is 2.24. The molecule has 2 amide bonds. The summed E-state index contributed by atoms with van der Waals surface area (Å²) in [7, 11) is 2.15. The summed E-state index contributed by atoms with van der Waals surface area (Å²) in [5.74, 6) is -0.341. The van der Waals surface area contributed by atoms with Crippen LogP contribution in [0.4, 0.5) is 5.69 Å². The molecule has 2 aliphatic rings. The van der Waals surface area contributed by atoms with Crippen LogP contribution < -0.4 is 16.0 Å². The van der Waals surface area contributed by atoms with Gasteiger partial charge in [0.15, 0.2) is 0 Å². The van der Waals surface area contributed by atoms with Gasteiger partial charge in [0, 0.05) is 43.5 Å². The third-order valence-corrected chi connectivity index (χ3v) is 6.02. The average molecular weight is 373 g/mol. The van der Waals surface area contributed by atoms with Crippen LogP contribution in [-0.4, -0.2) is 56.0 Å². The largest absolute Gasteiger partial charge is 0.371 e. The van der Waals surface area contributed by atoms with Gasteiger partial charge in [-0.3, -0.25) is 9.59 Å². The SMILES string of the molecule is CN(CCNC(=O)c1ccc(N2CCCC(C(N)=O)C2)cc1)C1CCCC1. The zero-order valence-corrected chi connectivity index (χ0v) is 16.3. The summed E-state index contributed by atoms with van der Waals surface area (Å²) >= 11 is 0. The summed E-state index contributed by atoms with van der Waals surface area (Å²) < 4.78 is 0. The van der Waals surface area contributed by atoms with Crippen LogP contribution in [-0.2, 0) is 4.79 Å². The van der Waals surface area contributed by atoms with Crippen LogP contribution in [0.25, 0.3) is 0 Å². The highest BCUT2D eigenvalue weighted by molar-refractivity contribution is 5.94. The third kappa shape index (κ3) is 5.22. The summed E-state index contributed by atoms with van der Waals surface area (Å²) in [6, 6.07) is 8.32. The molecule has 1 aromatic rings. The van der Waals surface area contributed by atoms with Crippen LogP contribution in [0.2, 0.25) is 0 Å². The Balaban J connectivity index is 1.47. The second kappa shape index (κ2) is 9.22. The van der Waals surface area contributed by atoms with Crippen molar-refractivity contribution in [3.63, 3.8) is 0 Å². The summed E-state index contributed by atoms with van der Waals surface area (Å²) in [6.45, 7) is 3.13. The number of likely N-dealkylation sites (N-methyl/N-ethyl adjacent to an activating group) is 1.